The number of hydrogen-bond donors (Lipinski definition) is 0. The summed E-state index contributed by atoms with van der Waals surface area (Å²) in [6, 6.07) is 17.4. The number of aryl methyl sites for hydroxylation is 1. The van der Waals surface area contributed by atoms with Crippen LogP contribution in [0.4, 0.5) is 0 Å². The van der Waals surface area contributed by atoms with E-state index in [0.717, 1.165) is 20.8 Å². The van der Waals surface area contributed by atoms with E-state index in [1.165, 1.54) is 0 Å². The van der Waals surface area contributed by atoms with Gasteiger partial charge in [-0.1, -0.05) is 30.3 Å². The van der Waals surface area contributed by atoms with Gasteiger partial charge < -0.3 is 9.15 Å². The van der Waals surface area contributed by atoms with Crippen molar-refractivity contribution in [3.05, 3.63) is 65.5 Å². The van der Waals surface area contributed by atoms with E-state index in [0.29, 0.717) is 12.3 Å². The van der Waals surface area contributed by atoms with E-state index < -0.39 is 0 Å². The molecular weight excluding hydrogens is 350 g/mol. The van der Waals surface area contributed by atoms with E-state index in [4.69, 9.17) is 9.15 Å². The van der Waals surface area contributed by atoms with Crippen molar-refractivity contribution in [3.63, 3.8) is 0 Å². The molecule has 130 valence electrons. The third-order valence-electron chi connectivity index (χ3n) is 3.73. The van der Waals surface area contributed by atoms with E-state index in [9.17, 15) is 4.79 Å². The van der Waals surface area contributed by atoms with Crippen molar-refractivity contribution >= 4 is 27.5 Å². The van der Waals surface area contributed by atoms with Gasteiger partial charge in [0.2, 0.25) is 5.89 Å². The summed E-state index contributed by atoms with van der Waals surface area (Å²) in [5.41, 5.74) is 1.79. The quantitative estimate of drug-likeness (QED) is 0.480. The molecule has 0 N–H and O–H groups in total. The van der Waals surface area contributed by atoms with Crippen molar-refractivity contribution < 1.29 is 13.9 Å². The topological polar surface area (TPSA) is 78.1 Å². The summed E-state index contributed by atoms with van der Waals surface area (Å²) in [6.07, 6.45) is 0.816. The average molecular weight is 365 g/mol. The van der Waals surface area contributed by atoms with Gasteiger partial charge in [-0.25, -0.2) is 4.98 Å². The number of benzene rings is 2. The van der Waals surface area contributed by atoms with Gasteiger partial charge in [-0.15, -0.1) is 21.5 Å². The monoisotopic (exact) mass is 365 g/mol. The Kier molecular flexibility index (Phi) is 4.70. The molecule has 4 aromatic rings. The smallest absolute Gasteiger partial charge is 0.306 e. The van der Waals surface area contributed by atoms with Crippen LogP contribution in [0.1, 0.15) is 17.3 Å². The predicted molar refractivity (Wildman–Crippen MR) is 97.5 cm³/mol. The van der Waals surface area contributed by atoms with Crippen molar-refractivity contribution in [2.75, 3.05) is 0 Å². The van der Waals surface area contributed by atoms with Gasteiger partial charge in [-0.3, -0.25) is 4.79 Å². The Morgan fingerprint density at radius 2 is 1.85 bits per heavy atom. The predicted octanol–water partition coefficient (Wildman–Crippen LogP) is 4.02. The highest BCUT2D eigenvalue weighted by atomic mass is 32.1. The first-order valence-electron chi connectivity index (χ1n) is 8.16. The van der Waals surface area contributed by atoms with Crippen LogP contribution in [0.15, 0.2) is 59.0 Å². The van der Waals surface area contributed by atoms with E-state index in [1.807, 2.05) is 54.6 Å². The summed E-state index contributed by atoms with van der Waals surface area (Å²) >= 11 is 1.59. The van der Waals surface area contributed by atoms with Crippen LogP contribution in [0.25, 0.3) is 21.7 Å². The highest BCUT2D eigenvalue weighted by molar-refractivity contribution is 7.18. The number of hydrogen-bond acceptors (Lipinski definition) is 7. The van der Waals surface area contributed by atoms with Crippen LogP contribution in [0.2, 0.25) is 0 Å². The minimum absolute atomic E-state index is 0.0293. The fourth-order valence-corrected chi connectivity index (χ4v) is 3.43. The first-order chi connectivity index (χ1) is 12.8. The van der Waals surface area contributed by atoms with Crippen LogP contribution in [-0.2, 0) is 22.6 Å². The molecule has 0 unspecified atom stereocenters. The Bertz CT molecular complexity index is 994. The van der Waals surface area contributed by atoms with Gasteiger partial charge in [-0.2, -0.15) is 0 Å². The summed E-state index contributed by atoms with van der Waals surface area (Å²) < 4.78 is 11.8. The van der Waals surface area contributed by atoms with Crippen LogP contribution < -0.4 is 0 Å². The van der Waals surface area contributed by atoms with Crippen molar-refractivity contribution in [3.8, 4) is 11.5 Å². The zero-order valence-corrected chi connectivity index (χ0v) is 14.6. The molecule has 6 nitrogen and oxygen atoms in total. The SMILES string of the molecule is O=C(CCc1nc2ccccc2s1)OCc1nnc(-c2ccccc2)o1. The number of para-hydroxylation sites is 1. The van der Waals surface area contributed by atoms with Crippen molar-refractivity contribution in [1.82, 2.24) is 15.2 Å². The maximum atomic E-state index is 11.9. The van der Waals surface area contributed by atoms with Crippen LogP contribution in [0.3, 0.4) is 0 Å². The minimum atomic E-state index is -0.316. The lowest BCUT2D eigenvalue weighted by molar-refractivity contribution is -0.145. The molecule has 0 aliphatic heterocycles. The lowest BCUT2D eigenvalue weighted by atomic mass is 10.2. The van der Waals surface area contributed by atoms with E-state index in [-0.39, 0.29) is 24.9 Å². The highest BCUT2D eigenvalue weighted by Crippen LogP contribution is 2.22. The molecule has 0 amide bonds. The van der Waals surface area contributed by atoms with Crippen molar-refractivity contribution in [2.45, 2.75) is 19.4 Å². The summed E-state index contributed by atoms with van der Waals surface area (Å²) in [4.78, 5) is 16.5. The van der Waals surface area contributed by atoms with Gasteiger partial charge in [0.25, 0.3) is 5.89 Å². The van der Waals surface area contributed by atoms with Crippen LogP contribution in [0, 0.1) is 0 Å². The van der Waals surface area contributed by atoms with E-state index in [2.05, 4.69) is 15.2 Å². The van der Waals surface area contributed by atoms with Gasteiger partial charge in [-0.05, 0) is 24.3 Å². The number of ether oxygens (including phenoxy) is 1. The number of carbonyl (C=O) groups excluding carboxylic acids is 1. The van der Waals surface area contributed by atoms with Crippen LogP contribution in [0.5, 0.6) is 0 Å². The summed E-state index contributed by atoms with van der Waals surface area (Å²) in [7, 11) is 0. The van der Waals surface area contributed by atoms with Crippen LogP contribution in [-0.4, -0.2) is 21.2 Å². The zero-order chi connectivity index (χ0) is 17.8. The molecule has 2 heterocycles. The van der Waals surface area contributed by atoms with Gasteiger partial charge in [0, 0.05) is 12.0 Å². The molecule has 4 rings (SSSR count). The molecule has 0 atom stereocenters. The van der Waals surface area contributed by atoms with Crippen molar-refractivity contribution in [1.29, 1.82) is 0 Å². The molecule has 2 aromatic heterocycles. The molecule has 26 heavy (non-hydrogen) atoms. The highest BCUT2D eigenvalue weighted by Gasteiger charge is 2.12. The molecule has 0 radical (unpaired) electrons. The summed E-state index contributed by atoms with van der Waals surface area (Å²) in [5.74, 6) is 0.368. The molecule has 2 aromatic carbocycles. The second-order valence-corrected chi connectivity index (χ2v) is 6.72. The Hall–Kier alpha value is -3.06. The second kappa shape index (κ2) is 7.45. The lowest BCUT2D eigenvalue weighted by Crippen LogP contribution is -2.06. The molecule has 0 saturated heterocycles. The molecule has 0 fully saturated rings. The maximum Gasteiger partial charge on any atom is 0.306 e. The molecule has 0 aliphatic carbocycles. The van der Waals surface area contributed by atoms with Crippen molar-refractivity contribution in [2.24, 2.45) is 0 Å². The maximum absolute atomic E-state index is 11.9. The summed E-state index contributed by atoms with van der Waals surface area (Å²) in [6.45, 7) is -0.0293. The number of thiazole rings is 1. The fraction of sp³-hybridized carbons (Fsp3) is 0.158. The first kappa shape index (κ1) is 16.4. The Morgan fingerprint density at radius 3 is 2.69 bits per heavy atom. The molecule has 0 bridgehead atoms. The third-order valence-corrected chi connectivity index (χ3v) is 4.82. The zero-order valence-electron chi connectivity index (χ0n) is 13.8. The van der Waals surface area contributed by atoms with Crippen LogP contribution >= 0.6 is 11.3 Å². The molecule has 7 heteroatoms. The van der Waals surface area contributed by atoms with Gasteiger partial charge in [0.1, 0.15) is 0 Å². The normalized spacial score (nSPS) is 10.9. The lowest BCUT2D eigenvalue weighted by Gasteiger charge is -2.00. The Balaban J connectivity index is 1.29. The molecule has 0 aliphatic rings. The fourth-order valence-electron chi connectivity index (χ4n) is 2.46. The summed E-state index contributed by atoms with van der Waals surface area (Å²) in [5, 5.41) is 8.80. The average Bonchev–Trinajstić information content (AvgIpc) is 3.32. The third kappa shape index (κ3) is 3.78. The molecule has 0 saturated carbocycles. The van der Waals surface area contributed by atoms with Gasteiger partial charge >= 0.3 is 5.97 Å². The minimum Gasteiger partial charge on any atom is -0.456 e. The number of rotatable bonds is 6. The molecule has 0 spiro atoms. The van der Waals surface area contributed by atoms with Gasteiger partial charge in [0.15, 0.2) is 6.61 Å². The van der Waals surface area contributed by atoms with Gasteiger partial charge in [0.05, 0.1) is 21.6 Å². The molecular formula is C19H15N3O3S. The number of esters is 1. The number of nitrogens with zero attached hydrogens (tertiary/aromatic N) is 3. The standard InChI is InChI=1S/C19H15N3O3S/c23-18(11-10-17-20-14-8-4-5-9-15(14)26-17)24-12-16-21-22-19(25-16)13-6-2-1-3-7-13/h1-9H,10-12H2. The van der Waals surface area contributed by atoms with E-state index >= 15 is 0 Å². The largest absolute Gasteiger partial charge is 0.456 e. The Morgan fingerprint density at radius 1 is 1.04 bits per heavy atom. The number of carbonyl (C=O) groups is 1. The first-order valence-corrected chi connectivity index (χ1v) is 8.97. The number of fused-ring (bicyclic) bond motifs is 1. The number of aromatic nitrogens is 3. The Labute approximate surface area is 153 Å². The second-order valence-electron chi connectivity index (χ2n) is 5.60. The van der Waals surface area contributed by atoms with E-state index in [1.54, 1.807) is 11.3 Å².